The van der Waals surface area contributed by atoms with Crippen molar-refractivity contribution >= 4 is 5.91 Å². The van der Waals surface area contributed by atoms with Crippen LogP contribution in [0.1, 0.15) is 30.5 Å². The smallest absolute Gasteiger partial charge is 0.220 e. The number of hydrogen-bond acceptors (Lipinski definition) is 2. The quantitative estimate of drug-likeness (QED) is 0.824. The summed E-state index contributed by atoms with van der Waals surface area (Å²) in [5, 5.41) is 12.3. The van der Waals surface area contributed by atoms with E-state index in [0.29, 0.717) is 12.8 Å². The zero-order valence-corrected chi connectivity index (χ0v) is 13.2. The third-order valence-electron chi connectivity index (χ3n) is 3.73. The molecule has 0 radical (unpaired) electrons. The van der Waals surface area contributed by atoms with Gasteiger partial charge in [0.25, 0.3) is 0 Å². The molecule has 4 heteroatoms. The maximum absolute atomic E-state index is 13.2. The van der Waals surface area contributed by atoms with Gasteiger partial charge in [-0.1, -0.05) is 49.4 Å². The molecule has 3 nitrogen and oxygen atoms in total. The Balaban J connectivity index is 1.88. The molecule has 23 heavy (non-hydrogen) atoms. The molecule has 0 aromatic heterocycles. The topological polar surface area (TPSA) is 49.3 Å². The predicted octanol–water partition coefficient (Wildman–Crippen LogP) is 3.24. The summed E-state index contributed by atoms with van der Waals surface area (Å²) < 4.78 is 13.2. The summed E-state index contributed by atoms with van der Waals surface area (Å²) in [7, 11) is 0. The van der Waals surface area contributed by atoms with Gasteiger partial charge in [-0.15, -0.1) is 0 Å². The zero-order valence-electron chi connectivity index (χ0n) is 13.2. The third kappa shape index (κ3) is 5.49. The van der Waals surface area contributed by atoms with Gasteiger partial charge in [0, 0.05) is 6.42 Å². The Bertz CT molecular complexity index is 630. The molecule has 0 saturated carbocycles. The molecule has 2 atom stereocenters. The first-order valence-corrected chi connectivity index (χ1v) is 7.78. The SMILES string of the molecule is CC(CC(=O)NC(CO)c1ccccc1)Cc1cccc(F)c1. The number of aliphatic hydroxyl groups excluding tert-OH is 1. The molecule has 0 saturated heterocycles. The number of carbonyl (C=O) groups excluding carboxylic acids is 1. The van der Waals surface area contributed by atoms with Crippen LogP contribution in [0.3, 0.4) is 0 Å². The molecule has 0 aliphatic carbocycles. The van der Waals surface area contributed by atoms with Gasteiger partial charge in [0.05, 0.1) is 12.6 Å². The number of halogens is 1. The van der Waals surface area contributed by atoms with Crippen LogP contribution in [-0.2, 0) is 11.2 Å². The van der Waals surface area contributed by atoms with Gasteiger partial charge in [-0.05, 0) is 35.6 Å². The van der Waals surface area contributed by atoms with Gasteiger partial charge in [-0.25, -0.2) is 4.39 Å². The van der Waals surface area contributed by atoms with Crippen LogP contribution in [0.5, 0.6) is 0 Å². The first kappa shape index (κ1) is 17.2. The predicted molar refractivity (Wildman–Crippen MR) is 88.3 cm³/mol. The van der Waals surface area contributed by atoms with Crippen LogP contribution in [-0.4, -0.2) is 17.6 Å². The van der Waals surface area contributed by atoms with Gasteiger partial charge in [0.15, 0.2) is 0 Å². The maximum Gasteiger partial charge on any atom is 0.220 e. The molecule has 1 amide bonds. The Kier molecular flexibility index (Phi) is 6.29. The number of rotatable bonds is 7. The van der Waals surface area contributed by atoms with E-state index in [1.807, 2.05) is 43.3 Å². The number of carbonyl (C=O) groups is 1. The first-order chi connectivity index (χ1) is 11.1. The van der Waals surface area contributed by atoms with Crippen molar-refractivity contribution in [2.45, 2.75) is 25.8 Å². The van der Waals surface area contributed by atoms with Crippen molar-refractivity contribution in [3.8, 4) is 0 Å². The number of hydrogen-bond donors (Lipinski definition) is 2. The van der Waals surface area contributed by atoms with E-state index in [-0.39, 0.29) is 24.2 Å². The summed E-state index contributed by atoms with van der Waals surface area (Å²) in [6.45, 7) is 1.81. The van der Waals surface area contributed by atoms with E-state index in [0.717, 1.165) is 11.1 Å². The summed E-state index contributed by atoms with van der Waals surface area (Å²) in [6, 6.07) is 15.4. The Morgan fingerprint density at radius 3 is 2.57 bits per heavy atom. The second-order valence-corrected chi connectivity index (χ2v) is 5.86. The Morgan fingerprint density at radius 1 is 1.17 bits per heavy atom. The van der Waals surface area contributed by atoms with Crippen molar-refractivity contribution in [1.82, 2.24) is 5.32 Å². The van der Waals surface area contributed by atoms with Crippen molar-refractivity contribution in [2.24, 2.45) is 5.92 Å². The van der Waals surface area contributed by atoms with Gasteiger partial charge in [0.2, 0.25) is 5.91 Å². The summed E-state index contributed by atoms with van der Waals surface area (Å²) in [5.74, 6) is -0.285. The van der Waals surface area contributed by atoms with E-state index in [2.05, 4.69) is 5.32 Å². The molecule has 0 aliphatic heterocycles. The average Bonchev–Trinajstić information content (AvgIpc) is 2.53. The summed E-state index contributed by atoms with van der Waals surface area (Å²) >= 11 is 0. The monoisotopic (exact) mass is 315 g/mol. The largest absolute Gasteiger partial charge is 0.394 e. The molecule has 2 aromatic carbocycles. The van der Waals surface area contributed by atoms with Crippen LogP contribution in [0, 0.1) is 11.7 Å². The molecule has 2 N–H and O–H groups in total. The lowest BCUT2D eigenvalue weighted by Crippen LogP contribution is -2.31. The molecular formula is C19H22FNO2. The van der Waals surface area contributed by atoms with E-state index >= 15 is 0 Å². The van der Waals surface area contributed by atoms with Gasteiger partial charge >= 0.3 is 0 Å². The fourth-order valence-corrected chi connectivity index (χ4v) is 2.63. The minimum absolute atomic E-state index is 0.0897. The highest BCUT2D eigenvalue weighted by atomic mass is 19.1. The molecular weight excluding hydrogens is 293 g/mol. The second-order valence-electron chi connectivity index (χ2n) is 5.86. The average molecular weight is 315 g/mol. The van der Waals surface area contributed by atoms with E-state index in [4.69, 9.17) is 0 Å². The van der Waals surface area contributed by atoms with Crippen LogP contribution in [0.25, 0.3) is 0 Å². The van der Waals surface area contributed by atoms with Crippen molar-refractivity contribution in [3.05, 3.63) is 71.5 Å². The third-order valence-corrected chi connectivity index (χ3v) is 3.73. The molecule has 122 valence electrons. The minimum atomic E-state index is -0.398. The number of aliphatic hydroxyl groups is 1. The molecule has 0 bridgehead atoms. The highest BCUT2D eigenvalue weighted by Gasteiger charge is 2.16. The summed E-state index contributed by atoms with van der Waals surface area (Å²) in [5.41, 5.74) is 1.76. The molecule has 0 heterocycles. The molecule has 0 aliphatic rings. The lowest BCUT2D eigenvalue weighted by atomic mass is 9.97. The molecule has 0 fully saturated rings. The Hall–Kier alpha value is -2.20. The lowest BCUT2D eigenvalue weighted by molar-refractivity contribution is -0.123. The highest BCUT2D eigenvalue weighted by Crippen LogP contribution is 2.15. The van der Waals surface area contributed by atoms with E-state index in [1.165, 1.54) is 12.1 Å². The minimum Gasteiger partial charge on any atom is -0.394 e. The van der Waals surface area contributed by atoms with Gasteiger partial charge in [-0.3, -0.25) is 4.79 Å². The fourth-order valence-electron chi connectivity index (χ4n) is 2.63. The standard InChI is InChI=1S/C19H22FNO2/c1-14(10-15-6-5-9-17(20)12-15)11-19(23)21-18(13-22)16-7-3-2-4-8-16/h2-9,12,14,18,22H,10-11,13H2,1H3,(H,21,23). The molecule has 2 unspecified atom stereocenters. The van der Waals surface area contributed by atoms with Gasteiger partial charge in [-0.2, -0.15) is 0 Å². The van der Waals surface area contributed by atoms with Crippen molar-refractivity contribution < 1.29 is 14.3 Å². The number of amides is 1. The molecule has 2 aromatic rings. The van der Waals surface area contributed by atoms with Crippen molar-refractivity contribution in [2.75, 3.05) is 6.61 Å². The van der Waals surface area contributed by atoms with E-state index in [9.17, 15) is 14.3 Å². The van der Waals surface area contributed by atoms with Crippen LogP contribution in [0.4, 0.5) is 4.39 Å². The van der Waals surface area contributed by atoms with Crippen LogP contribution in [0.2, 0.25) is 0 Å². The lowest BCUT2D eigenvalue weighted by Gasteiger charge is -2.18. The van der Waals surface area contributed by atoms with Gasteiger partial charge in [0.1, 0.15) is 5.82 Å². The first-order valence-electron chi connectivity index (χ1n) is 7.78. The summed E-state index contributed by atoms with van der Waals surface area (Å²) in [4.78, 5) is 12.2. The molecule has 0 spiro atoms. The normalized spacial score (nSPS) is 13.3. The van der Waals surface area contributed by atoms with Gasteiger partial charge < -0.3 is 10.4 Å². The number of benzene rings is 2. The zero-order chi connectivity index (χ0) is 16.7. The van der Waals surface area contributed by atoms with Crippen LogP contribution >= 0.6 is 0 Å². The maximum atomic E-state index is 13.2. The van der Waals surface area contributed by atoms with E-state index < -0.39 is 6.04 Å². The Morgan fingerprint density at radius 2 is 1.91 bits per heavy atom. The fraction of sp³-hybridized carbons (Fsp3) is 0.316. The molecule has 2 rings (SSSR count). The van der Waals surface area contributed by atoms with Crippen LogP contribution < -0.4 is 5.32 Å². The second kappa shape index (κ2) is 8.44. The highest BCUT2D eigenvalue weighted by molar-refractivity contribution is 5.76. The Labute approximate surface area is 136 Å². The summed E-state index contributed by atoms with van der Waals surface area (Å²) in [6.07, 6.45) is 0.972. The van der Waals surface area contributed by atoms with Crippen molar-refractivity contribution in [1.29, 1.82) is 0 Å². The van der Waals surface area contributed by atoms with E-state index in [1.54, 1.807) is 6.07 Å². The number of nitrogens with one attached hydrogen (secondary N) is 1. The van der Waals surface area contributed by atoms with Crippen molar-refractivity contribution in [3.63, 3.8) is 0 Å². The van der Waals surface area contributed by atoms with Crippen LogP contribution in [0.15, 0.2) is 54.6 Å².